The van der Waals surface area contributed by atoms with Gasteiger partial charge >= 0.3 is 0 Å². The van der Waals surface area contributed by atoms with Crippen molar-refractivity contribution in [1.29, 1.82) is 0 Å². The molecule has 0 spiro atoms. The lowest BCUT2D eigenvalue weighted by Crippen LogP contribution is -2.09. The summed E-state index contributed by atoms with van der Waals surface area (Å²) in [6, 6.07) is 11.0. The molecule has 138 valence electrons. The van der Waals surface area contributed by atoms with E-state index in [2.05, 4.69) is 20.7 Å². The number of aromatic nitrogens is 3. The molecule has 0 unspecified atom stereocenters. The molecular formula is C19H18FN5O2. The number of rotatable bonds is 4. The number of carbonyl (C=O) groups excluding carboxylic acids is 2. The number of halogens is 1. The van der Waals surface area contributed by atoms with Crippen LogP contribution in [0.2, 0.25) is 0 Å². The minimum atomic E-state index is -0.349. The predicted molar refractivity (Wildman–Crippen MR) is 100 cm³/mol. The number of anilines is 2. The highest BCUT2D eigenvalue weighted by molar-refractivity contribution is 5.93. The van der Waals surface area contributed by atoms with E-state index in [1.807, 2.05) is 0 Å². The van der Waals surface area contributed by atoms with Gasteiger partial charge < -0.3 is 10.6 Å². The normalized spacial score (nSPS) is 10.5. The Balaban J connectivity index is 2.13. The van der Waals surface area contributed by atoms with Crippen LogP contribution in [-0.2, 0) is 9.59 Å². The zero-order valence-corrected chi connectivity index (χ0v) is 15.1. The number of amides is 2. The molecule has 8 heteroatoms. The fraction of sp³-hybridized carbons (Fsp3) is 0.158. The average molecular weight is 367 g/mol. The Morgan fingerprint density at radius 3 is 2.04 bits per heavy atom. The first kappa shape index (κ1) is 18.2. The molecule has 0 aliphatic heterocycles. The van der Waals surface area contributed by atoms with E-state index in [9.17, 15) is 14.0 Å². The summed E-state index contributed by atoms with van der Waals surface area (Å²) in [5.41, 5.74) is 2.29. The summed E-state index contributed by atoms with van der Waals surface area (Å²) in [6.45, 7) is 4.54. The highest BCUT2D eigenvalue weighted by Crippen LogP contribution is 2.28. The molecule has 2 N–H and O–H groups in total. The first-order chi connectivity index (χ1) is 12.8. The molecule has 0 aliphatic carbocycles. The minimum Gasteiger partial charge on any atom is -0.326 e. The van der Waals surface area contributed by atoms with Gasteiger partial charge in [0.15, 0.2) is 5.82 Å². The van der Waals surface area contributed by atoms with Crippen molar-refractivity contribution >= 4 is 23.2 Å². The van der Waals surface area contributed by atoms with E-state index in [0.29, 0.717) is 34.3 Å². The Morgan fingerprint density at radius 2 is 1.52 bits per heavy atom. The van der Waals surface area contributed by atoms with Crippen LogP contribution in [0.1, 0.15) is 19.7 Å². The standard InChI is InChI=1S/C19H18FN5O2/c1-11-21-19(25(24-11)18-6-4-15(20)5-7-18)14-8-16(22-12(2)26)10-17(9-14)23-13(3)27/h4-10H,1-3H3,(H,22,26)(H,23,27). The van der Waals surface area contributed by atoms with Gasteiger partial charge in [-0.1, -0.05) is 0 Å². The summed E-state index contributed by atoms with van der Waals surface area (Å²) in [5, 5.41) is 9.79. The fourth-order valence-electron chi connectivity index (χ4n) is 2.67. The van der Waals surface area contributed by atoms with Gasteiger partial charge in [-0.2, -0.15) is 5.10 Å². The third-order valence-corrected chi connectivity index (χ3v) is 3.62. The Labute approximate surface area is 155 Å². The van der Waals surface area contributed by atoms with Crippen molar-refractivity contribution in [3.8, 4) is 17.1 Å². The van der Waals surface area contributed by atoms with Crippen LogP contribution < -0.4 is 10.6 Å². The van der Waals surface area contributed by atoms with Gasteiger partial charge in [0, 0.05) is 30.8 Å². The van der Waals surface area contributed by atoms with Crippen LogP contribution in [0.25, 0.3) is 17.1 Å². The summed E-state index contributed by atoms with van der Waals surface area (Å²) in [5.74, 6) is 0.199. The number of nitrogens with zero attached hydrogens (tertiary/aromatic N) is 3. The van der Waals surface area contributed by atoms with Gasteiger partial charge in [0.05, 0.1) is 5.69 Å². The van der Waals surface area contributed by atoms with E-state index in [0.717, 1.165) is 0 Å². The first-order valence-corrected chi connectivity index (χ1v) is 8.22. The smallest absolute Gasteiger partial charge is 0.221 e. The Kier molecular flexibility index (Phi) is 4.98. The van der Waals surface area contributed by atoms with Gasteiger partial charge in [0.2, 0.25) is 11.8 Å². The molecule has 3 aromatic rings. The number of benzene rings is 2. The molecule has 0 aliphatic rings. The Hall–Kier alpha value is -3.55. The first-order valence-electron chi connectivity index (χ1n) is 8.22. The second kappa shape index (κ2) is 7.36. The van der Waals surface area contributed by atoms with Gasteiger partial charge in [-0.3, -0.25) is 9.59 Å². The van der Waals surface area contributed by atoms with E-state index >= 15 is 0 Å². The maximum Gasteiger partial charge on any atom is 0.221 e. The summed E-state index contributed by atoms with van der Waals surface area (Å²) >= 11 is 0. The van der Waals surface area contributed by atoms with E-state index in [1.54, 1.807) is 41.9 Å². The lowest BCUT2D eigenvalue weighted by Gasteiger charge is -2.11. The quantitative estimate of drug-likeness (QED) is 0.740. The number of nitrogens with one attached hydrogen (secondary N) is 2. The van der Waals surface area contributed by atoms with Crippen molar-refractivity contribution in [2.75, 3.05) is 10.6 Å². The van der Waals surface area contributed by atoms with Gasteiger partial charge in [0.25, 0.3) is 0 Å². The van der Waals surface area contributed by atoms with Crippen molar-refractivity contribution in [1.82, 2.24) is 14.8 Å². The van der Waals surface area contributed by atoms with E-state index in [1.165, 1.54) is 26.0 Å². The van der Waals surface area contributed by atoms with Crippen LogP contribution in [0.4, 0.5) is 15.8 Å². The van der Waals surface area contributed by atoms with Crippen molar-refractivity contribution in [2.45, 2.75) is 20.8 Å². The van der Waals surface area contributed by atoms with E-state index < -0.39 is 0 Å². The fourth-order valence-corrected chi connectivity index (χ4v) is 2.67. The van der Waals surface area contributed by atoms with Crippen molar-refractivity contribution < 1.29 is 14.0 Å². The third kappa shape index (κ3) is 4.35. The van der Waals surface area contributed by atoms with Crippen LogP contribution in [0.5, 0.6) is 0 Å². The van der Waals surface area contributed by atoms with Crippen LogP contribution >= 0.6 is 0 Å². The molecule has 2 aromatic carbocycles. The molecule has 3 rings (SSSR count). The Morgan fingerprint density at radius 1 is 0.963 bits per heavy atom. The van der Waals surface area contributed by atoms with Crippen LogP contribution in [0.3, 0.4) is 0 Å². The molecular weight excluding hydrogens is 349 g/mol. The monoisotopic (exact) mass is 367 g/mol. The van der Waals surface area contributed by atoms with Crippen molar-refractivity contribution in [3.05, 3.63) is 54.1 Å². The number of carbonyl (C=O) groups is 2. The van der Waals surface area contributed by atoms with E-state index in [-0.39, 0.29) is 17.6 Å². The molecule has 1 aromatic heterocycles. The molecule has 0 fully saturated rings. The summed E-state index contributed by atoms with van der Waals surface area (Å²) in [6.07, 6.45) is 0. The summed E-state index contributed by atoms with van der Waals surface area (Å²) in [4.78, 5) is 27.4. The maximum absolute atomic E-state index is 13.3. The molecule has 27 heavy (non-hydrogen) atoms. The van der Waals surface area contributed by atoms with Gasteiger partial charge in [-0.25, -0.2) is 14.1 Å². The van der Waals surface area contributed by atoms with Gasteiger partial charge in [0.1, 0.15) is 11.6 Å². The minimum absolute atomic E-state index is 0.239. The highest BCUT2D eigenvalue weighted by Gasteiger charge is 2.14. The number of aryl methyl sites for hydroxylation is 1. The zero-order chi connectivity index (χ0) is 19.6. The van der Waals surface area contributed by atoms with Crippen LogP contribution in [0, 0.1) is 12.7 Å². The van der Waals surface area contributed by atoms with Crippen LogP contribution in [0.15, 0.2) is 42.5 Å². The molecule has 0 bridgehead atoms. The molecule has 0 saturated heterocycles. The van der Waals surface area contributed by atoms with Gasteiger partial charge in [-0.05, 0) is 49.4 Å². The lowest BCUT2D eigenvalue weighted by molar-refractivity contribution is -0.115. The van der Waals surface area contributed by atoms with Gasteiger partial charge in [-0.15, -0.1) is 0 Å². The zero-order valence-electron chi connectivity index (χ0n) is 15.1. The summed E-state index contributed by atoms with van der Waals surface area (Å²) in [7, 11) is 0. The number of hydrogen-bond donors (Lipinski definition) is 2. The topological polar surface area (TPSA) is 88.9 Å². The molecule has 0 saturated carbocycles. The Bertz CT molecular complexity index is 977. The second-order valence-electron chi connectivity index (χ2n) is 6.03. The maximum atomic E-state index is 13.3. The lowest BCUT2D eigenvalue weighted by atomic mass is 10.1. The highest BCUT2D eigenvalue weighted by atomic mass is 19.1. The molecule has 2 amide bonds. The average Bonchev–Trinajstić information content (AvgIpc) is 2.96. The molecule has 0 radical (unpaired) electrons. The summed E-state index contributed by atoms with van der Waals surface area (Å²) < 4.78 is 14.8. The predicted octanol–water partition coefficient (Wildman–Crippen LogP) is 3.30. The van der Waals surface area contributed by atoms with Crippen LogP contribution in [-0.4, -0.2) is 26.6 Å². The third-order valence-electron chi connectivity index (χ3n) is 3.62. The van der Waals surface area contributed by atoms with Crippen molar-refractivity contribution in [3.63, 3.8) is 0 Å². The molecule has 7 nitrogen and oxygen atoms in total. The molecule has 0 atom stereocenters. The van der Waals surface area contributed by atoms with E-state index in [4.69, 9.17) is 0 Å². The second-order valence-corrected chi connectivity index (χ2v) is 6.03. The SMILES string of the molecule is CC(=O)Nc1cc(NC(C)=O)cc(-c2nc(C)nn2-c2ccc(F)cc2)c1. The largest absolute Gasteiger partial charge is 0.326 e. The number of hydrogen-bond acceptors (Lipinski definition) is 4. The van der Waals surface area contributed by atoms with Crippen molar-refractivity contribution in [2.24, 2.45) is 0 Å². The molecule has 1 heterocycles.